The van der Waals surface area contributed by atoms with Crippen molar-refractivity contribution in [1.29, 1.82) is 0 Å². The van der Waals surface area contributed by atoms with E-state index in [1.165, 1.54) is 0 Å². The van der Waals surface area contributed by atoms with E-state index in [-0.39, 0.29) is 6.10 Å². The van der Waals surface area contributed by atoms with Crippen molar-refractivity contribution in [3.63, 3.8) is 0 Å². The number of rotatable bonds is 6. The monoisotopic (exact) mass is 254 g/mol. The molecular formula is C13H15ClO3. The first-order valence-electron chi connectivity index (χ1n) is 5.71. The van der Waals surface area contributed by atoms with Crippen LogP contribution in [0.3, 0.4) is 0 Å². The van der Waals surface area contributed by atoms with Gasteiger partial charge in [0.05, 0.1) is 18.2 Å². The fourth-order valence-electron chi connectivity index (χ4n) is 1.61. The van der Waals surface area contributed by atoms with Crippen molar-refractivity contribution in [3.8, 4) is 11.5 Å². The molecule has 1 saturated carbocycles. The summed E-state index contributed by atoms with van der Waals surface area (Å²) in [7, 11) is 1.59. The number of ether oxygens (including phenoxy) is 2. The van der Waals surface area contributed by atoms with Gasteiger partial charge in [0.2, 0.25) is 0 Å². The van der Waals surface area contributed by atoms with Crippen molar-refractivity contribution in [3.05, 3.63) is 22.7 Å². The van der Waals surface area contributed by atoms with Crippen molar-refractivity contribution in [1.82, 2.24) is 0 Å². The van der Waals surface area contributed by atoms with Gasteiger partial charge in [-0.2, -0.15) is 0 Å². The van der Waals surface area contributed by atoms with Crippen LogP contribution in [0.5, 0.6) is 11.5 Å². The van der Waals surface area contributed by atoms with E-state index in [1.54, 1.807) is 7.11 Å². The standard InChI is InChI=1S/C13H15ClO3/c1-16-12-8-9(3-2-6-15)7-11(14)13(12)17-10-4-5-10/h6-8,10H,2-5H2,1H3. The van der Waals surface area contributed by atoms with Crippen molar-refractivity contribution < 1.29 is 14.3 Å². The lowest BCUT2D eigenvalue weighted by atomic mass is 10.1. The normalized spacial score (nSPS) is 14.5. The maximum Gasteiger partial charge on any atom is 0.180 e. The average molecular weight is 255 g/mol. The van der Waals surface area contributed by atoms with E-state index in [4.69, 9.17) is 21.1 Å². The summed E-state index contributed by atoms with van der Waals surface area (Å²) in [5.41, 5.74) is 0.988. The Morgan fingerprint density at radius 1 is 1.47 bits per heavy atom. The van der Waals surface area contributed by atoms with Crippen LogP contribution in [-0.4, -0.2) is 19.5 Å². The predicted octanol–water partition coefficient (Wildman–Crippen LogP) is 3.02. The van der Waals surface area contributed by atoms with Crippen molar-refractivity contribution in [2.24, 2.45) is 0 Å². The van der Waals surface area contributed by atoms with Gasteiger partial charge < -0.3 is 14.3 Å². The highest BCUT2D eigenvalue weighted by atomic mass is 35.5. The molecule has 0 atom stereocenters. The summed E-state index contributed by atoms with van der Waals surface area (Å²) < 4.78 is 11.0. The molecular weight excluding hydrogens is 240 g/mol. The number of methoxy groups -OCH3 is 1. The number of benzene rings is 1. The van der Waals surface area contributed by atoms with Crippen LogP contribution in [0.25, 0.3) is 0 Å². The van der Waals surface area contributed by atoms with Crippen LogP contribution >= 0.6 is 11.6 Å². The smallest absolute Gasteiger partial charge is 0.180 e. The van der Waals surface area contributed by atoms with Crippen LogP contribution in [-0.2, 0) is 11.2 Å². The van der Waals surface area contributed by atoms with Crippen LogP contribution in [0.4, 0.5) is 0 Å². The number of halogens is 1. The number of hydrogen-bond acceptors (Lipinski definition) is 3. The third-order valence-corrected chi connectivity index (χ3v) is 2.93. The Labute approximate surface area is 106 Å². The molecule has 0 spiro atoms. The molecule has 1 aliphatic rings. The van der Waals surface area contributed by atoms with Crippen LogP contribution in [0.1, 0.15) is 24.8 Å². The lowest BCUT2D eigenvalue weighted by Gasteiger charge is -2.13. The van der Waals surface area contributed by atoms with Gasteiger partial charge in [-0.25, -0.2) is 0 Å². The summed E-state index contributed by atoms with van der Waals surface area (Å²) in [6.07, 6.45) is 4.49. The fraction of sp³-hybridized carbons (Fsp3) is 0.462. The second-order valence-electron chi connectivity index (χ2n) is 4.13. The summed E-state index contributed by atoms with van der Waals surface area (Å²) in [4.78, 5) is 10.3. The van der Waals surface area contributed by atoms with Gasteiger partial charge in [0.25, 0.3) is 0 Å². The summed E-state index contributed by atoms with van der Waals surface area (Å²) in [5, 5.41) is 0.553. The number of aryl methyl sites for hydroxylation is 1. The van der Waals surface area contributed by atoms with Crippen LogP contribution < -0.4 is 9.47 Å². The highest BCUT2D eigenvalue weighted by Gasteiger charge is 2.26. The molecule has 0 aromatic heterocycles. The summed E-state index contributed by atoms with van der Waals surface area (Å²) in [6, 6.07) is 3.72. The Morgan fingerprint density at radius 2 is 2.24 bits per heavy atom. The topological polar surface area (TPSA) is 35.5 Å². The van der Waals surface area contributed by atoms with Gasteiger partial charge in [0, 0.05) is 6.42 Å². The SMILES string of the molecule is COc1cc(CCC=O)cc(Cl)c1OC1CC1. The number of carbonyl (C=O) groups excluding carboxylic acids is 1. The zero-order valence-corrected chi connectivity index (χ0v) is 10.5. The molecule has 0 unspecified atom stereocenters. The third-order valence-electron chi connectivity index (χ3n) is 2.65. The molecule has 17 heavy (non-hydrogen) atoms. The molecule has 92 valence electrons. The Kier molecular flexibility index (Phi) is 3.89. The summed E-state index contributed by atoms with van der Waals surface area (Å²) in [6.45, 7) is 0. The maximum atomic E-state index is 10.3. The summed E-state index contributed by atoms with van der Waals surface area (Å²) >= 11 is 6.17. The lowest BCUT2D eigenvalue weighted by molar-refractivity contribution is -0.107. The van der Waals surface area contributed by atoms with Crippen molar-refractivity contribution >= 4 is 17.9 Å². The molecule has 0 aliphatic heterocycles. The van der Waals surface area contributed by atoms with Crippen LogP contribution in [0.2, 0.25) is 5.02 Å². The second-order valence-corrected chi connectivity index (χ2v) is 4.54. The molecule has 4 heteroatoms. The molecule has 0 N–H and O–H groups in total. The Morgan fingerprint density at radius 3 is 2.82 bits per heavy atom. The van der Waals surface area contributed by atoms with Gasteiger partial charge >= 0.3 is 0 Å². The average Bonchev–Trinajstić information content (AvgIpc) is 3.13. The molecule has 1 aliphatic carbocycles. The van der Waals surface area contributed by atoms with Crippen LogP contribution in [0, 0.1) is 0 Å². The maximum absolute atomic E-state index is 10.3. The third kappa shape index (κ3) is 3.13. The highest BCUT2D eigenvalue weighted by molar-refractivity contribution is 6.32. The molecule has 1 fully saturated rings. The van der Waals surface area contributed by atoms with Gasteiger partial charge in [-0.15, -0.1) is 0 Å². The second kappa shape index (κ2) is 5.41. The Bertz CT molecular complexity index is 413. The molecule has 0 radical (unpaired) electrons. The van der Waals surface area contributed by atoms with Crippen molar-refractivity contribution in [2.45, 2.75) is 31.8 Å². The zero-order chi connectivity index (χ0) is 12.3. The number of carbonyl (C=O) groups is 1. The molecule has 2 rings (SSSR count). The van der Waals surface area contributed by atoms with E-state index in [9.17, 15) is 4.79 Å². The van der Waals surface area contributed by atoms with E-state index in [2.05, 4.69) is 0 Å². The van der Waals surface area contributed by atoms with Crippen molar-refractivity contribution in [2.75, 3.05) is 7.11 Å². The molecule has 1 aromatic carbocycles. The molecule has 3 nitrogen and oxygen atoms in total. The Hall–Kier alpha value is -1.22. The Balaban J connectivity index is 2.22. The van der Waals surface area contributed by atoms with Gasteiger partial charge in [-0.3, -0.25) is 0 Å². The van der Waals surface area contributed by atoms with Crippen LogP contribution in [0.15, 0.2) is 12.1 Å². The fourth-order valence-corrected chi connectivity index (χ4v) is 1.89. The lowest BCUT2D eigenvalue weighted by Crippen LogP contribution is -2.00. The number of aldehydes is 1. The molecule has 0 bridgehead atoms. The number of hydrogen-bond donors (Lipinski definition) is 0. The molecule has 1 aromatic rings. The first kappa shape index (κ1) is 12.2. The van der Waals surface area contributed by atoms with E-state index in [0.29, 0.717) is 29.4 Å². The molecule has 0 heterocycles. The zero-order valence-electron chi connectivity index (χ0n) is 9.74. The van der Waals surface area contributed by atoms with Gasteiger partial charge in [-0.1, -0.05) is 11.6 Å². The minimum atomic E-state index is 0.280. The minimum absolute atomic E-state index is 0.280. The molecule has 0 amide bonds. The largest absolute Gasteiger partial charge is 0.493 e. The predicted molar refractivity (Wildman–Crippen MR) is 66.0 cm³/mol. The highest BCUT2D eigenvalue weighted by Crippen LogP contribution is 2.40. The quantitative estimate of drug-likeness (QED) is 0.732. The van der Waals surface area contributed by atoms with E-state index in [0.717, 1.165) is 24.7 Å². The van der Waals surface area contributed by atoms with E-state index in [1.807, 2.05) is 12.1 Å². The van der Waals surface area contributed by atoms with Gasteiger partial charge in [-0.05, 0) is 37.0 Å². The van der Waals surface area contributed by atoms with E-state index < -0.39 is 0 Å². The first-order chi connectivity index (χ1) is 8.24. The van der Waals surface area contributed by atoms with Gasteiger partial charge in [0.1, 0.15) is 6.29 Å². The summed E-state index contributed by atoms with van der Waals surface area (Å²) in [5.74, 6) is 1.26. The van der Waals surface area contributed by atoms with Gasteiger partial charge in [0.15, 0.2) is 11.5 Å². The minimum Gasteiger partial charge on any atom is -0.493 e. The van der Waals surface area contributed by atoms with E-state index >= 15 is 0 Å². The first-order valence-corrected chi connectivity index (χ1v) is 6.09. The molecule has 0 saturated heterocycles.